The smallest absolute Gasteiger partial charge is 0.212 e. The molecule has 0 aliphatic heterocycles. The number of thioether (sulfide) groups is 1. The highest BCUT2D eigenvalue weighted by Gasteiger charge is 2.17. The summed E-state index contributed by atoms with van der Waals surface area (Å²) in [4.78, 5) is 12.3. The monoisotopic (exact) mass is 298 g/mol. The van der Waals surface area contributed by atoms with Crippen LogP contribution in [0.4, 0.5) is 0 Å². The molecule has 2 aromatic rings. The van der Waals surface area contributed by atoms with Crippen LogP contribution in [0.3, 0.4) is 0 Å². The minimum Gasteiger partial charge on any atom is -0.448 e. The van der Waals surface area contributed by atoms with Gasteiger partial charge in [-0.05, 0) is 37.3 Å². The number of rotatable bonds is 3. The van der Waals surface area contributed by atoms with E-state index in [4.69, 9.17) is 16.0 Å². The maximum Gasteiger partial charge on any atom is 0.212 e. The van der Waals surface area contributed by atoms with Crippen molar-refractivity contribution in [2.24, 2.45) is 0 Å². The molecule has 0 amide bonds. The Morgan fingerprint density at radius 1 is 1.47 bits per heavy atom. The first-order valence-corrected chi connectivity index (χ1v) is 7.39. The Balaban J connectivity index is 2.88. The molecule has 0 unspecified atom stereocenters. The van der Waals surface area contributed by atoms with E-state index in [9.17, 15) is 9.90 Å². The number of benzene rings is 1. The summed E-state index contributed by atoms with van der Waals surface area (Å²) < 4.78 is 5.73. The standard InChI is InChI=1S/C14H15ClO3S/c1-4-19-14-11(15)12(17)10-6-7(2)5-9(8(3)16)13(10)18-14/h5-6,8,16H,4H2,1-3H3/t8-/m0/s1. The molecule has 1 aromatic carbocycles. The highest BCUT2D eigenvalue weighted by atomic mass is 35.5. The Bertz CT molecular complexity index is 676. The first kappa shape index (κ1) is 14.4. The van der Waals surface area contributed by atoms with Gasteiger partial charge < -0.3 is 9.52 Å². The van der Waals surface area contributed by atoms with Crippen LogP contribution in [-0.2, 0) is 0 Å². The first-order chi connectivity index (χ1) is 8.95. The third-order valence-corrected chi connectivity index (χ3v) is 4.10. The Morgan fingerprint density at radius 3 is 2.74 bits per heavy atom. The van der Waals surface area contributed by atoms with Gasteiger partial charge in [0.2, 0.25) is 5.43 Å². The van der Waals surface area contributed by atoms with Crippen molar-refractivity contribution in [1.82, 2.24) is 0 Å². The zero-order valence-electron chi connectivity index (χ0n) is 11.0. The van der Waals surface area contributed by atoms with Gasteiger partial charge in [0.1, 0.15) is 10.6 Å². The molecule has 1 aromatic heterocycles. The number of aliphatic hydroxyl groups is 1. The molecule has 1 atom stereocenters. The van der Waals surface area contributed by atoms with Gasteiger partial charge in [-0.15, -0.1) is 0 Å². The molecule has 3 nitrogen and oxygen atoms in total. The normalized spacial score (nSPS) is 12.9. The van der Waals surface area contributed by atoms with Gasteiger partial charge in [0.15, 0.2) is 5.09 Å². The van der Waals surface area contributed by atoms with Crippen molar-refractivity contribution in [1.29, 1.82) is 0 Å². The van der Waals surface area contributed by atoms with E-state index in [1.165, 1.54) is 11.8 Å². The summed E-state index contributed by atoms with van der Waals surface area (Å²) >= 11 is 7.42. The highest BCUT2D eigenvalue weighted by molar-refractivity contribution is 7.99. The van der Waals surface area contributed by atoms with Crippen LogP contribution in [0.2, 0.25) is 5.02 Å². The molecule has 1 N–H and O–H groups in total. The Labute approximate surface area is 120 Å². The zero-order chi connectivity index (χ0) is 14.2. The van der Waals surface area contributed by atoms with Crippen molar-refractivity contribution >= 4 is 34.3 Å². The van der Waals surface area contributed by atoms with E-state index >= 15 is 0 Å². The second kappa shape index (κ2) is 5.57. The molecule has 0 aliphatic carbocycles. The van der Waals surface area contributed by atoms with E-state index in [0.717, 1.165) is 11.3 Å². The van der Waals surface area contributed by atoms with E-state index in [0.29, 0.717) is 21.6 Å². The molecule has 0 bridgehead atoms. The summed E-state index contributed by atoms with van der Waals surface area (Å²) in [7, 11) is 0. The molecule has 19 heavy (non-hydrogen) atoms. The summed E-state index contributed by atoms with van der Waals surface area (Å²) in [5.74, 6) is 0.754. The molecule has 0 saturated carbocycles. The van der Waals surface area contributed by atoms with Crippen LogP contribution in [-0.4, -0.2) is 10.9 Å². The van der Waals surface area contributed by atoms with E-state index in [1.54, 1.807) is 13.0 Å². The summed E-state index contributed by atoms with van der Waals surface area (Å²) in [5.41, 5.74) is 1.68. The molecular formula is C14H15ClO3S. The predicted octanol–water partition coefficient (Wildman–Crippen LogP) is 3.92. The summed E-state index contributed by atoms with van der Waals surface area (Å²) in [5, 5.41) is 10.8. The second-order valence-corrected chi connectivity index (χ2v) is 5.99. The molecule has 0 saturated heterocycles. The number of hydrogen-bond donors (Lipinski definition) is 1. The average molecular weight is 299 g/mol. The van der Waals surface area contributed by atoms with E-state index in [-0.39, 0.29) is 10.5 Å². The lowest BCUT2D eigenvalue weighted by Gasteiger charge is -2.11. The fraction of sp³-hybridized carbons (Fsp3) is 0.357. The topological polar surface area (TPSA) is 50.4 Å². The van der Waals surface area contributed by atoms with Gasteiger partial charge in [0, 0.05) is 5.56 Å². The molecular weight excluding hydrogens is 284 g/mol. The van der Waals surface area contributed by atoms with Crippen LogP contribution in [0.5, 0.6) is 0 Å². The van der Waals surface area contributed by atoms with Crippen molar-refractivity contribution in [3.63, 3.8) is 0 Å². The zero-order valence-corrected chi connectivity index (χ0v) is 12.6. The van der Waals surface area contributed by atoms with Gasteiger partial charge in [0.25, 0.3) is 0 Å². The summed E-state index contributed by atoms with van der Waals surface area (Å²) in [6.45, 7) is 5.47. The van der Waals surface area contributed by atoms with Gasteiger partial charge in [-0.1, -0.05) is 30.3 Å². The van der Waals surface area contributed by atoms with Crippen molar-refractivity contribution < 1.29 is 9.52 Å². The van der Waals surface area contributed by atoms with Gasteiger partial charge >= 0.3 is 0 Å². The maximum atomic E-state index is 12.3. The quantitative estimate of drug-likeness (QED) is 0.873. The summed E-state index contributed by atoms with van der Waals surface area (Å²) in [6, 6.07) is 3.56. The first-order valence-electron chi connectivity index (χ1n) is 6.03. The molecule has 0 fully saturated rings. The van der Waals surface area contributed by atoms with E-state index < -0.39 is 6.10 Å². The number of hydrogen-bond acceptors (Lipinski definition) is 4. The molecule has 0 aliphatic rings. The van der Waals surface area contributed by atoms with Gasteiger partial charge in [0.05, 0.1) is 11.5 Å². The van der Waals surface area contributed by atoms with Crippen molar-refractivity contribution in [3.8, 4) is 0 Å². The third-order valence-electron chi connectivity index (χ3n) is 2.81. The van der Waals surface area contributed by atoms with Crippen molar-refractivity contribution in [2.45, 2.75) is 32.0 Å². The largest absolute Gasteiger partial charge is 0.448 e. The van der Waals surface area contributed by atoms with Crippen LogP contribution in [0.1, 0.15) is 31.1 Å². The van der Waals surface area contributed by atoms with Crippen LogP contribution >= 0.6 is 23.4 Å². The van der Waals surface area contributed by atoms with Crippen molar-refractivity contribution in [2.75, 3.05) is 5.75 Å². The number of halogens is 1. The SMILES string of the molecule is CCSc1oc2c([C@H](C)O)cc(C)cc2c(=O)c1Cl. The number of fused-ring (bicyclic) bond motifs is 1. The lowest BCUT2D eigenvalue weighted by Crippen LogP contribution is -2.06. The Morgan fingerprint density at radius 2 is 2.16 bits per heavy atom. The minimum atomic E-state index is -0.703. The van der Waals surface area contributed by atoms with E-state index in [2.05, 4.69) is 0 Å². The van der Waals surface area contributed by atoms with Gasteiger partial charge in [-0.3, -0.25) is 4.79 Å². The number of aryl methyl sites for hydroxylation is 1. The maximum absolute atomic E-state index is 12.3. The molecule has 0 radical (unpaired) electrons. The number of aliphatic hydroxyl groups excluding tert-OH is 1. The molecule has 5 heteroatoms. The third kappa shape index (κ3) is 2.66. The fourth-order valence-corrected chi connectivity index (χ4v) is 2.89. The average Bonchev–Trinajstić information content (AvgIpc) is 2.36. The molecule has 1 heterocycles. The Kier molecular flexibility index (Phi) is 4.23. The molecule has 0 spiro atoms. The predicted molar refractivity (Wildman–Crippen MR) is 79.3 cm³/mol. The van der Waals surface area contributed by atoms with Crippen LogP contribution < -0.4 is 5.43 Å². The van der Waals surface area contributed by atoms with Gasteiger partial charge in [-0.25, -0.2) is 0 Å². The summed E-state index contributed by atoms with van der Waals surface area (Å²) in [6.07, 6.45) is -0.703. The van der Waals surface area contributed by atoms with E-state index in [1.807, 2.05) is 19.9 Å². The lowest BCUT2D eigenvalue weighted by atomic mass is 10.0. The van der Waals surface area contributed by atoms with Gasteiger partial charge in [-0.2, -0.15) is 0 Å². The molecule has 102 valence electrons. The molecule has 2 rings (SSSR count). The second-order valence-electron chi connectivity index (χ2n) is 4.37. The highest BCUT2D eigenvalue weighted by Crippen LogP contribution is 2.32. The lowest BCUT2D eigenvalue weighted by molar-refractivity contribution is 0.199. The van der Waals surface area contributed by atoms with Crippen LogP contribution in [0.15, 0.2) is 26.4 Å². The van der Waals surface area contributed by atoms with Crippen LogP contribution in [0.25, 0.3) is 11.0 Å². The fourth-order valence-electron chi connectivity index (χ4n) is 1.97. The minimum absolute atomic E-state index is 0.112. The van der Waals surface area contributed by atoms with Crippen molar-refractivity contribution in [3.05, 3.63) is 38.5 Å². The van der Waals surface area contributed by atoms with Crippen LogP contribution in [0, 0.1) is 6.92 Å². The Hall–Kier alpha value is -0.970.